The highest BCUT2D eigenvalue weighted by Crippen LogP contribution is 2.31. The standard InChI is InChI=1S/C20H31NO5/c1-20(2,3)26-17(22)12-15(18-21-16(13-25-18)19(23)24)11-7-10-14-8-5-4-6-9-14/h13-15H,4-12H2,1-3H3,(H,23,24)/t15-/m1/s1. The summed E-state index contributed by atoms with van der Waals surface area (Å²) in [6.07, 6.45) is 10.7. The highest BCUT2D eigenvalue weighted by atomic mass is 16.6. The minimum Gasteiger partial charge on any atom is -0.476 e. The molecule has 0 saturated heterocycles. The van der Waals surface area contributed by atoms with E-state index in [1.807, 2.05) is 20.8 Å². The highest BCUT2D eigenvalue weighted by molar-refractivity contribution is 5.84. The smallest absolute Gasteiger partial charge is 0.357 e. The Hall–Kier alpha value is -1.85. The van der Waals surface area contributed by atoms with E-state index in [2.05, 4.69) is 4.98 Å². The number of carboxylic acids is 1. The van der Waals surface area contributed by atoms with E-state index >= 15 is 0 Å². The van der Waals surface area contributed by atoms with Gasteiger partial charge in [-0.15, -0.1) is 0 Å². The van der Waals surface area contributed by atoms with E-state index in [1.54, 1.807) is 0 Å². The molecule has 0 bridgehead atoms. The number of rotatable bonds is 8. The van der Waals surface area contributed by atoms with Gasteiger partial charge in [0.05, 0.1) is 6.42 Å². The summed E-state index contributed by atoms with van der Waals surface area (Å²) in [7, 11) is 0. The first-order valence-electron chi connectivity index (χ1n) is 9.65. The third-order valence-electron chi connectivity index (χ3n) is 4.81. The molecule has 146 valence electrons. The molecule has 0 amide bonds. The SMILES string of the molecule is CC(C)(C)OC(=O)C[C@@H](CCCC1CCCCC1)c1nc(C(=O)O)co1. The van der Waals surface area contributed by atoms with Crippen LogP contribution in [0.3, 0.4) is 0 Å². The van der Waals surface area contributed by atoms with Crippen LogP contribution in [0.15, 0.2) is 10.7 Å². The van der Waals surface area contributed by atoms with Crippen molar-refractivity contribution in [1.82, 2.24) is 4.98 Å². The van der Waals surface area contributed by atoms with E-state index in [-0.39, 0.29) is 24.0 Å². The van der Waals surface area contributed by atoms with Crippen molar-refractivity contribution < 1.29 is 23.8 Å². The molecule has 1 aromatic heterocycles. The first kappa shape index (κ1) is 20.5. The van der Waals surface area contributed by atoms with Crippen molar-refractivity contribution in [3.63, 3.8) is 0 Å². The molecule has 0 unspecified atom stereocenters. The summed E-state index contributed by atoms with van der Waals surface area (Å²) >= 11 is 0. The number of aromatic nitrogens is 1. The van der Waals surface area contributed by atoms with E-state index in [0.717, 1.165) is 31.4 Å². The van der Waals surface area contributed by atoms with Crippen LogP contribution in [0, 0.1) is 5.92 Å². The van der Waals surface area contributed by atoms with Crippen LogP contribution in [-0.2, 0) is 9.53 Å². The van der Waals surface area contributed by atoms with Crippen LogP contribution in [0.1, 0.15) is 101 Å². The number of hydrogen-bond acceptors (Lipinski definition) is 5. The topological polar surface area (TPSA) is 89.6 Å². The molecular formula is C20H31NO5. The van der Waals surface area contributed by atoms with Crippen molar-refractivity contribution in [2.45, 2.75) is 90.1 Å². The van der Waals surface area contributed by atoms with Crippen LogP contribution in [0.25, 0.3) is 0 Å². The van der Waals surface area contributed by atoms with Gasteiger partial charge in [0, 0.05) is 5.92 Å². The van der Waals surface area contributed by atoms with Gasteiger partial charge in [-0.05, 0) is 33.1 Å². The van der Waals surface area contributed by atoms with Gasteiger partial charge < -0.3 is 14.3 Å². The summed E-state index contributed by atoms with van der Waals surface area (Å²) in [5.41, 5.74) is -0.673. The number of esters is 1. The highest BCUT2D eigenvalue weighted by Gasteiger charge is 2.26. The third kappa shape index (κ3) is 6.81. The number of oxazole rings is 1. The maximum atomic E-state index is 12.2. The Bertz CT molecular complexity index is 596. The summed E-state index contributed by atoms with van der Waals surface area (Å²) in [5, 5.41) is 9.05. The fourth-order valence-corrected chi connectivity index (χ4v) is 3.60. The minimum atomic E-state index is -1.13. The minimum absolute atomic E-state index is 0.124. The molecule has 6 nitrogen and oxygen atoms in total. The van der Waals surface area contributed by atoms with E-state index in [0.29, 0.717) is 5.89 Å². The molecule has 2 rings (SSSR count). The maximum Gasteiger partial charge on any atom is 0.357 e. The third-order valence-corrected chi connectivity index (χ3v) is 4.81. The number of aromatic carboxylic acids is 1. The monoisotopic (exact) mass is 365 g/mol. The average molecular weight is 365 g/mol. The second-order valence-corrected chi connectivity index (χ2v) is 8.30. The van der Waals surface area contributed by atoms with E-state index in [4.69, 9.17) is 14.3 Å². The lowest BCUT2D eigenvalue weighted by Gasteiger charge is -2.23. The Labute approximate surface area is 155 Å². The molecule has 1 aliphatic rings. The lowest BCUT2D eigenvalue weighted by atomic mass is 9.84. The molecule has 0 spiro atoms. The first-order valence-corrected chi connectivity index (χ1v) is 9.65. The Balaban J connectivity index is 1.97. The van der Waals surface area contributed by atoms with Crippen molar-refractivity contribution in [2.24, 2.45) is 5.92 Å². The quantitative estimate of drug-likeness (QED) is 0.656. The number of nitrogens with zero attached hydrogens (tertiary/aromatic N) is 1. The molecule has 0 aliphatic heterocycles. The molecule has 0 radical (unpaired) electrons. The van der Waals surface area contributed by atoms with Crippen LogP contribution in [-0.4, -0.2) is 27.6 Å². The normalized spacial score (nSPS) is 17.0. The van der Waals surface area contributed by atoms with Gasteiger partial charge in [0.15, 0.2) is 11.6 Å². The molecule has 26 heavy (non-hydrogen) atoms. The predicted molar refractivity (Wildman–Crippen MR) is 97.1 cm³/mol. The lowest BCUT2D eigenvalue weighted by Crippen LogP contribution is -2.25. The predicted octanol–water partition coefficient (Wildman–Crippen LogP) is 4.94. The van der Waals surface area contributed by atoms with Crippen LogP contribution in [0.2, 0.25) is 0 Å². The molecule has 1 aliphatic carbocycles. The Kier molecular flexibility index (Phi) is 7.23. The van der Waals surface area contributed by atoms with E-state index in [1.165, 1.54) is 32.1 Å². The number of carbonyl (C=O) groups is 2. The second-order valence-electron chi connectivity index (χ2n) is 8.30. The molecule has 0 aromatic carbocycles. The van der Waals surface area contributed by atoms with Crippen molar-refractivity contribution in [3.05, 3.63) is 17.8 Å². The summed E-state index contributed by atoms with van der Waals surface area (Å²) in [4.78, 5) is 27.3. The molecule has 1 N–H and O–H groups in total. The largest absolute Gasteiger partial charge is 0.476 e. The van der Waals surface area contributed by atoms with Gasteiger partial charge in [-0.2, -0.15) is 0 Å². The van der Waals surface area contributed by atoms with Crippen LogP contribution >= 0.6 is 0 Å². The zero-order chi connectivity index (χ0) is 19.2. The molecule has 1 saturated carbocycles. The van der Waals surface area contributed by atoms with Gasteiger partial charge in [-0.1, -0.05) is 44.9 Å². The molecule has 6 heteroatoms. The van der Waals surface area contributed by atoms with Gasteiger partial charge in [0.1, 0.15) is 11.9 Å². The van der Waals surface area contributed by atoms with E-state index < -0.39 is 11.6 Å². The van der Waals surface area contributed by atoms with E-state index in [9.17, 15) is 9.59 Å². The summed E-state index contributed by atoms with van der Waals surface area (Å²) < 4.78 is 10.8. The number of carboxylic acid groups (broad SMARTS) is 1. The zero-order valence-corrected chi connectivity index (χ0v) is 16.1. The Morgan fingerprint density at radius 2 is 2.00 bits per heavy atom. The van der Waals surface area contributed by atoms with Gasteiger partial charge in [0.2, 0.25) is 0 Å². The maximum absolute atomic E-state index is 12.2. The fraction of sp³-hybridized carbons (Fsp3) is 0.750. The van der Waals surface area contributed by atoms with Crippen molar-refractivity contribution >= 4 is 11.9 Å². The average Bonchev–Trinajstić information content (AvgIpc) is 3.03. The molecular weight excluding hydrogens is 334 g/mol. The van der Waals surface area contributed by atoms with Gasteiger partial charge >= 0.3 is 11.9 Å². The molecule has 1 fully saturated rings. The fourth-order valence-electron chi connectivity index (χ4n) is 3.60. The second kappa shape index (κ2) is 9.19. The lowest BCUT2D eigenvalue weighted by molar-refractivity contribution is -0.155. The summed E-state index contributed by atoms with van der Waals surface area (Å²) in [6, 6.07) is 0. The molecule has 1 aromatic rings. The van der Waals surface area contributed by atoms with Crippen molar-refractivity contribution in [1.29, 1.82) is 0 Å². The van der Waals surface area contributed by atoms with Crippen molar-refractivity contribution in [2.75, 3.05) is 0 Å². The zero-order valence-electron chi connectivity index (χ0n) is 16.1. The number of ether oxygens (including phenoxy) is 1. The molecule has 1 atom stereocenters. The summed E-state index contributed by atoms with van der Waals surface area (Å²) in [5.74, 6) is -0.600. The van der Waals surface area contributed by atoms with Gasteiger partial charge in [-0.3, -0.25) is 4.79 Å². The molecule has 1 heterocycles. The number of hydrogen-bond donors (Lipinski definition) is 1. The first-order chi connectivity index (χ1) is 12.2. The van der Waals surface area contributed by atoms with Crippen LogP contribution in [0.4, 0.5) is 0 Å². The van der Waals surface area contributed by atoms with Gasteiger partial charge in [-0.25, -0.2) is 9.78 Å². The van der Waals surface area contributed by atoms with Crippen LogP contribution in [0.5, 0.6) is 0 Å². The Morgan fingerprint density at radius 1 is 1.31 bits per heavy atom. The van der Waals surface area contributed by atoms with Gasteiger partial charge in [0.25, 0.3) is 0 Å². The van der Waals surface area contributed by atoms with Crippen molar-refractivity contribution in [3.8, 4) is 0 Å². The van der Waals surface area contributed by atoms with Crippen LogP contribution < -0.4 is 0 Å². The summed E-state index contributed by atoms with van der Waals surface area (Å²) in [6.45, 7) is 5.49. The Morgan fingerprint density at radius 3 is 2.58 bits per heavy atom. The number of carbonyl (C=O) groups excluding carboxylic acids is 1.